The zero-order chi connectivity index (χ0) is 37.8. The fourth-order valence-electron chi connectivity index (χ4n) is 8.07. The first kappa shape index (κ1) is 34.8. The summed E-state index contributed by atoms with van der Waals surface area (Å²) in [7, 11) is 0. The third-order valence-electron chi connectivity index (χ3n) is 10.6. The summed E-state index contributed by atoms with van der Waals surface area (Å²) in [6, 6.07) is 56.1. The second-order valence-electron chi connectivity index (χ2n) is 14.0. The van der Waals surface area contributed by atoms with Gasteiger partial charge < -0.3 is 9.47 Å². The molecule has 1 aliphatic carbocycles. The van der Waals surface area contributed by atoms with Crippen molar-refractivity contribution in [3.8, 4) is 17.1 Å². The minimum absolute atomic E-state index is 0.119. The van der Waals surface area contributed by atoms with Crippen molar-refractivity contribution in [3.05, 3.63) is 206 Å². The van der Waals surface area contributed by atoms with Crippen LogP contribution in [0.5, 0.6) is 0 Å². The molecule has 0 bridgehead atoms. The number of allylic oxidation sites excluding steroid dienone is 8. The van der Waals surface area contributed by atoms with Crippen LogP contribution < -0.4 is 4.90 Å². The van der Waals surface area contributed by atoms with Crippen molar-refractivity contribution < 1.29 is 0 Å². The van der Waals surface area contributed by atoms with Crippen LogP contribution >= 0.6 is 0 Å². The van der Waals surface area contributed by atoms with Crippen LogP contribution in [0.4, 0.5) is 17.1 Å². The quantitative estimate of drug-likeness (QED) is 0.132. The maximum atomic E-state index is 4.91. The summed E-state index contributed by atoms with van der Waals surface area (Å²) in [6.45, 7) is 4.30. The van der Waals surface area contributed by atoms with Gasteiger partial charge in [0.1, 0.15) is 5.82 Å². The molecule has 1 aliphatic rings. The molecule has 0 saturated heterocycles. The summed E-state index contributed by atoms with van der Waals surface area (Å²) in [6.07, 6.45) is 15.0. The van der Waals surface area contributed by atoms with Gasteiger partial charge in [-0.05, 0) is 98.1 Å². The SMILES string of the molecule is C/C=C(\C(=C/CC)c1ccccc1)n1c(-c2ccc(N(c3ccccc3)c3ccc(-n4c5ccccc5c5ccccc54)cc3)cc2)nnc1C1C=CC=CC1. The van der Waals surface area contributed by atoms with E-state index in [-0.39, 0.29) is 5.92 Å². The average molecular weight is 726 g/mol. The Morgan fingerprint density at radius 1 is 0.661 bits per heavy atom. The molecule has 2 heterocycles. The summed E-state index contributed by atoms with van der Waals surface area (Å²) in [5.74, 6) is 1.88. The second-order valence-corrected chi connectivity index (χ2v) is 14.0. The van der Waals surface area contributed by atoms with E-state index in [2.05, 4.69) is 222 Å². The molecule has 0 radical (unpaired) electrons. The molecule has 0 fully saturated rings. The third-order valence-corrected chi connectivity index (χ3v) is 10.6. The largest absolute Gasteiger partial charge is 0.311 e. The van der Waals surface area contributed by atoms with Crippen molar-refractivity contribution in [1.29, 1.82) is 0 Å². The van der Waals surface area contributed by atoms with Crippen molar-refractivity contribution in [2.75, 3.05) is 4.90 Å². The first-order valence-corrected chi connectivity index (χ1v) is 19.5. The van der Waals surface area contributed by atoms with E-state index in [1.54, 1.807) is 0 Å². The van der Waals surface area contributed by atoms with Gasteiger partial charge >= 0.3 is 0 Å². The fourth-order valence-corrected chi connectivity index (χ4v) is 8.07. The molecule has 5 nitrogen and oxygen atoms in total. The van der Waals surface area contributed by atoms with E-state index >= 15 is 0 Å². The number of hydrogen-bond donors (Lipinski definition) is 0. The molecule has 9 rings (SSSR count). The third kappa shape index (κ3) is 6.37. The number of hydrogen-bond acceptors (Lipinski definition) is 3. The Morgan fingerprint density at radius 3 is 1.86 bits per heavy atom. The maximum Gasteiger partial charge on any atom is 0.168 e. The Kier molecular flexibility index (Phi) is 9.56. The molecule has 56 heavy (non-hydrogen) atoms. The summed E-state index contributed by atoms with van der Waals surface area (Å²) < 4.78 is 4.64. The van der Waals surface area contributed by atoms with Gasteiger partial charge in [-0.3, -0.25) is 4.57 Å². The van der Waals surface area contributed by atoms with E-state index in [9.17, 15) is 0 Å². The molecule has 0 saturated carbocycles. The van der Waals surface area contributed by atoms with Gasteiger partial charge in [0.15, 0.2) is 5.82 Å². The van der Waals surface area contributed by atoms with Crippen molar-refractivity contribution in [2.45, 2.75) is 32.6 Å². The second kappa shape index (κ2) is 15.4. The molecule has 0 aliphatic heterocycles. The highest BCUT2D eigenvalue weighted by Crippen LogP contribution is 2.40. The highest BCUT2D eigenvalue weighted by Gasteiger charge is 2.25. The lowest BCUT2D eigenvalue weighted by Crippen LogP contribution is -2.11. The van der Waals surface area contributed by atoms with Crippen molar-refractivity contribution in [2.24, 2.45) is 0 Å². The smallest absolute Gasteiger partial charge is 0.168 e. The first-order chi connectivity index (χ1) is 27.7. The van der Waals surface area contributed by atoms with Crippen molar-refractivity contribution >= 4 is 50.1 Å². The predicted molar refractivity (Wildman–Crippen MR) is 235 cm³/mol. The van der Waals surface area contributed by atoms with E-state index in [1.807, 2.05) is 0 Å². The van der Waals surface area contributed by atoms with Crippen LogP contribution in [0, 0.1) is 0 Å². The lowest BCUT2D eigenvalue weighted by atomic mass is 9.97. The number of anilines is 3. The highest BCUT2D eigenvalue weighted by molar-refractivity contribution is 6.09. The zero-order valence-electron chi connectivity index (χ0n) is 31.7. The van der Waals surface area contributed by atoms with Crippen molar-refractivity contribution in [1.82, 2.24) is 19.3 Å². The Bertz CT molecular complexity index is 2690. The predicted octanol–water partition coefficient (Wildman–Crippen LogP) is 13.5. The fraction of sp³-hybridized carbons (Fsp3) is 0.0980. The summed E-state index contributed by atoms with van der Waals surface area (Å²) >= 11 is 0. The molecule has 1 atom stereocenters. The van der Waals surface area contributed by atoms with Gasteiger partial charge in [-0.1, -0.05) is 128 Å². The monoisotopic (exact) mass is 725 g/mol. The number of nitrogens with zero attached hydrogens (tertiary/aromatic N) is 5. The summed E-state index contributed by atoms with van der Waals surface area (Å²) in [5.41, 5.74) is 11.2. The van der Waals surface area contributed by atoms with E-state index in [4.69, 9.17) is 10.2 Å². The summed E-state index contributed by atoms with van der Waals surface area (Å²) in [4.78, 5) is 2.31. The van der Waals surface area contributed by atoms with E-state index in [0.29, 0.717) is 0 Å². The highest BCUT2D eigenvalue weighted by atomic mass is 15.3. The summed E-state index contributed by atoms with van der Waals surface area (Å²) in [5, 5.41) is 12.3. The van der Waals surface area contributed by atoms with E-state index in [1.165, 1.54) is 32.9 Å². The first-order valence-electron chi connectivity index (χ1n) is 19.5. The molecule has 6 aromatic carbocycles. The lowest BCUT2D eigenvalue weighted by molar-refractivity contribution is 0.752. The molecule has 0 N–H and O–H groups in total. The normalized spacial score (nSPS) is 14.5. The number of aromatic nitrogens is 4. The average Bonchev–Trinajstić information content (AvgIpc) is 3.85. The molecule has 0 amide bonds. The molecule has 1 unspecified atom stereocenters. The van der Waals surface area contributed by atoms with Crippen LogP contribution in [0.3, 0.4) is 0 Å². The maximum absolute atomic E-state index is 4.91. The van der Waals surface area contributed by atoms with Crippen LogP contribution in [0.15, 0.2) is 194 Å². The van der Waals surface area contributed by atoms with Gasteiger partial charge in [0.2, 0.25) is 0 Å². The molecular weight excluding hydrogens is 683 g/mol. The molecule has 8 aromatic rings. The molecule has 2 aromatic heterocycles. The van der Waals surface area contributed by atoms with Crippen molar-refractivity contribution in [3.63, 3.8) is 0 Å². The minimum Gasteiger partial charge on any atom is -0.311 e. The number of fused-ring (bicyclic) bond motifs is 3. The Hall–Kier alpha value is -6.98. The Morgan fingerprint density at radius 2 is 1.25 bits per heavy atom. The van der Waals surface area contributed by atoms with Gasteiger partial charge in [-0.15, -0.1) is 10.2 Å². The lowest BCUT2D eigenvalue weighted by Gasteiger charge is -2.26. The minimum atomic E-state index is 0.119. The van der Waals surface area contributed by atoms with Gasteiger partial charge in [-0.25, -0.2) is 0 Å². The van der Waals surface area contributed by atoms with E-state index in [0.717, 1.165) is 58.5 Å². The van der Waals surface area contributed by atoms with Gasteiger partial charge in [0.05, 0.1) is 16.7 Å². The molecule has 272 valence electrons. The molecule has 0 spiro atoms. The van der Waals surface area contributed by atoms with Gasteiger partial charge in [-0.2, -0.15) is 0 Å². The van der Waals surface area contributed by atoms with Crippen LogP contribution in [0.25, 0.3) is 50.2 Å². The Balaban J connectivity index is 1.12. The number of benzene rings is 6. The zero-order valence-corrected chi connectivity index (χ0v) is 31.7. The van der Waals surface area contributed by atoms with Crippen LogP contribution in [0.2, 0.25) is 0 Å². The number of para-hydroxylation sites is 3. The molecular formula is C51H43N5. The Labute approximate surface area is 328 Å². The van der Waals surface area contributed by atoms with Crippen LogP contribution in [-0.2, 0) is 0 Å². The van der Waals surface area contributed by atoms with Gasteiger partial charge in [0.25, 0.3) is 0 Å². The topological polar surface area (TPSA) is 38.9 Å². The number of rotatable bonds is 10. The molecule has 5 heteroatoms. The van der Waals surface area contributed by atoms with Crippen LogP contribution in [-0.4, -0.2) is 19.3 Å². The van der Waals surface area contributed by atoms with Gasteiger partial charge in [0, 0.05) is 50.6 Å². The van der Waals surface area contributed by atoms with E-state index < -0.39 is 0 Å². The standard InChI is InChI=1S/C51H43N5/c1-3-18-44(37-19-8-5-9-20-37)47(4-2)56-50(38-21-10-6-11-22-38)52-53-51(56)39-29-31-41(32-30-39)54(40-23-12-7-13-24-40)42-33-35-43(36-34-42)55-48-27-16-14-25-45(48)46-26-15-17-28-49(46)55/h4-21,23-36,38H,3,22H2,1-2H3/b44-18-,47-4+. The van der Waals surface area contributed by atoms with Crippen LogP contribution in [0.1, 0.15) is 44.0 Å².